The second-order valence-electron chi connectivity index (χ2n) is 9.80. The van der Waals surface area contributed by atoms with E-state index in [2.05, 4.69) is 99.1 Å². The van der Waals surface area contributed by atoms with Gasteiger partial charge in [-0.2, -0.15) is 4.57 Å². The van der Waals surface area contributed by atoms with Gasteiger partial charge in [-0.1, -0.05) is 0 Å². The molecule has 0 atom stereocenters. The van der Waals surface area contributed by atoms with Crippen LogP contribution in [-0.4, -0.2) is 70.9 Å². The van der Waals surface area contributed by atoms with Crippen LogP contribution in [0, 0.1) is 0 Å². The molecule has 1 aromatic heterocycles. The van der Waals surface area contributed by atoms with E-state index in [1.165, 1.54) is 33.2 Å². The van der Waals surface area contributed by atoms with E-state index >= 15 is 0 Å². The molecule has 6 nitrogen and oxygen atoms in total. The molecular formula is C26H38N4O2+2. The third-order valence-electron chi connectivity index (χ3n) is 6.25. The molecule has 0 radical (unpaired) electrons. The lowest BCUT2D eigenvalue weighted by Crippen LogP contribution is -2.44. The molecule has 0 bridgehead atoms. The number of rotatable bonds is 10. The van der Waals surface area contributed by atoms with Crippen molar-refractivity contribution >= 4 is 39.1 Å². The van der Waals surface area contributed by atoms with Crippen LogP contribution in [0.15, 0.2) is 42.5 Å². The number of fused-ring (bicyclic) bond motifs is 2. The van der Waals surface area contributed by atoms with Crippen molar-refractivity contribution in [1.82, 2.24) is 0 Å². The number of pyridine rings is 1. The Labute approximate surface area is 191 Å². The lowest BCUT2D eigenvalue weighted by Gasteiger charge is -2.29. The van der Waals surface area contributed by atoms with Gasteiger partial charge in [0.15, 0.2) is 6.54 Å². The smallest absolute Gasteiger partial charge is 0.303 e. The third-order valence-corrected chi connectivity index (χ3v) is 6.25. The number of anilines is 2. The van der Waals surface area contributed by atoms with Crippen LogP contribution in [0.3, 0.4) is 0 Å². The van der Waals surface area contributed by atoms with Crippen molar-refractivity contribution in [2.75, 3.05) is 65.2 Å². The summed E-state index contributed by atoms with van der Waals surface area (Å²) in [5.74, 6) is -0.712. The summed E-state index contributed by atoms with van der Waals surface area (Å²) in [5, 5.41) is 11.4. The van der Waals surface area contributed by atoms with Gasteiger partial charge >= 0.3 is 5.97 Å². The number of carboxylic acids is 1. The molecule has 32 heavy (non-hydrogen) atoms. The average molecular weight is 439 g/mol. The predicted molar refractivity (Wildman–Crippen MR) is 134 cm³/mol. The minimum atomic E-state index is -0.712. The molecule has 3 rings (SSSR count). The third kappa shape index (κ3) is 5.68. The van der Waals surface area contributed by atoms with Crippen LogP contribution in [0.25, 0.3) is 21.8 Å². The van der Waals surface area contributed by atoms with Crippen LogP contribution >= 0.6 is 0 Å². The molecule has 3 aromatic rings. The highest BCUT2D eigenvalue weighted by atomic mass is 16.4. The molecule has 0 saturated heterocycles. The van der Waals surface area contributed by atoms with Gasteiger partial charge in [0.25, 0.3) is 0 Å². The van der Waals surface area contributed by atoms with Crippen molar-refractivity contribution in [1.29, 1.82) is 0 Å². The van der Waals surface area contributed by atoms with Gasteiger partial charge in [-0.25, -0.2) is 0 Å². The van der Waals surface area contributed by atoms with Crippen molar-refractivity contribution in [3.8, 4) is 0 Å². The van der Waals surface area contributed by atoms with Crippen molar-refractivity contribution in [3.63, 3.8) is 0 Å². The SMILES string of the molecule is CN(C)c1ccc2cc3ccc(N(C)C)cc3[n+](CCC[N+](C)(C)CCCC(=O)O)c2c1. The normalized spacial score (nSPS) is 11.8. The zero-order valence-corrected chi connectivity index (χ0v) is 20.4. The van der Waals surface area contributed by atoms with Gasteiger partial charge in [0.05, 0.1) is 40.0 Å². The number of nitrogens with zero attached hydrogens (tertiary/aromatic N) is 4. The number of hydrogen-bond donors (Lipinski definition) is 1. The lowest BCUT2D eigenvalue weighted by atomic mass is 10.1. The van der Waals surface area contributed by atoms with E-state index < -0.39 is 5.97 Å². The van der Waals surface area contributed by atoms with Gasteiger partial charge in [-0.15, -0.1) is 0 Å². The first kappa shape index (κ1) is 23.8. The van der Waals surface area contributed by atoms with E-state index in [1.807, 2.05) is 0 Å². The monoisotopic (exact) mass is 438 g/mol. The van der Waals surface area contributed by atoms with Gasteiger partial charge in [-0.3, -0.25) is 4.79 Å². The van der Waals surface area contributed by atoms with E-state index in [4.69, 9.17) is 5.11 Å². The minimum Gasteiger partial charge on any atom is -0.481 e. The maximum atomic E-state index is 10.9. The number of carboxylic acid groups (broad SMARTS) is 1. The first-order chi connectivity index (χ1) is 15.1. The van der Waals surface area contributed by atoms with E-state index in [0.29, 0.717) is 6.42 Å². The van der Waals surface area contributed by atoms with Crippen LogP contribution in [0.1, 0.15) is 19.3 Å². The number of hydrogen-bond acceptors (Lipinski definition) is 3. The molecule has 0 aliphatic carbocycles. The van der Waals surface area contributed by atoms with Gasteiger partial charge in [0.1, 0.15) is 0 Å². The highest BCUT2D eigenvalue weighted by Gasteiger charge is 2.20. The standard InChI is InChI=1S/C26H37N4O2/c1-27(2)22-12-10-20-17-21-11-13-23(28(3)4)19-25(21)29(24(20)18-22)14-8-16-30(5,6)15-7-9-26(31)32/h10-13,17-19H,7-9,14-16H2,1-6H3/q+1/p+1. The molecule has 0 saturated carbocycles. The quantitative estimate of drug-likeness (QED) is 0.298. The highest BCUT2D eigenvalue weighted by Crippen LogP contribution is 2.25. The maximum Gasteiger partial charge on any atom is 0.303 e. The number of carbonyl (C=O) groups is 1. The molecule has 172 valence electrons. The van der Waals surface area contributed by atoms with Gasteiger partial charge in [-0.05, 0) is 30.3 Å². The molecule has 1 heterocycles. The minimum absolute atomic E-state index is 0.241. The van der Waals surface area contributed by atoms with E-state index in [1.54, 1.807) is 0 Å². The number of aryl methyl sites for hydroxylation is 1. The Hall–Kier alpha value is -2.86. The summed E-state index contributed by atoms with van der Waals surface area (Å²) in [7, 11) is 12.7. The average Bonchev–Trinajstić information content (AvgIpc) is 2.71. The molecule has 0 aliphatic heterocycles. The first-order valence-corrected chi connectivity index (χ1v) is 11.4. The summed E-state index contributed by atoms with van der Waals surface area (Å²) in [4.78, 5) is 15.2. The van der Waals surface area contributed by atoms with Crippen molar-refractivity contribution in [2.24, 2.45) is 0 Å². The number of aliphatic carboxylic acids is 1. The molecule has 0 fully saturated rings. The Morgan fingerprint density at radius 3 is 1.81 bits per heavy atom. The highest BCUT2D eigenvalue weighted by molar-refractivity contribution is 5.91. The summed E-state index contributed by atoms with van der Waals surface area (Å²) >= 11 is 0. The second-order valence-corrected chi connectivity index (χ2v) is 9.80. The topological polar surface area (TPSA) is 47.7 Å². The molecular weight excluding hydrogens is 400 g/mol. The molecule has 0 spiro atoms. The van der Waals surface area contributed by atoms with E-state index in [0.717, 1.165) is 30.5 Å². The Kier molecular flexibility index (Phi) is 7.24. The van der Waals surface area contributed by atoms with E-state index in [-0.39, 0.29) is 6.42 Å². The van der Waals surface area contributed by atoms with Crippen molar-refractivity contribution in [2.45, 2.75) is 25.8 Å². The first-order valence-electron chi connectivity index (χ1n) is 11.4. The van der Waals surface area contributed by atoms with Crippen LogP contribution in [0.5, 0.6) is 0 Å². The van der Waals surface area contributed by atoms with Crippen LogP contribution in [-0.2, 0) is 11.3 Å². The largest absolute Gasteiger partial charge is 0.481 e. The van der Waals surface area contributed by atoms with Crippen LogP contribution in [0.4, 0.5) is 11.4 Å². The summed E-state index contributed by atoms with van der Waals surface area (Å²) in [5.41, 5.74) is 4.88. The Balaban J connectivity index is 1.96. The van der Waals surface area contributed by atoms with Crippen molar-refractivity contribution in [3.05, 3.63) is 42.5 Å². The summed E-state index contributed by atoms with van der Waals surface area (Å²) in [6.45, 7) is 2.80. The molecule has 1 N–H and O–H groups in total. The zero-order chi connectivity index (χ0) is 23.5. The van der Waals surface area contributed by atoms with Crippen LogP contribution < -0.4 is 14.4 Å². The fraction of sp³-hybridized carbons (Fsp3) is 0.462. The fourth-order valence-electron chi connectivity index (χ4n) is 4.30. The Morgan fingerprint density at radius 1 is 0.844 bits per heavy atom. The lowest BCUT2D eigenvalue weighted by molar-refractivity contribution is -0.892. The molecule has 0 aliphatic rings. The van der Waals surface area contributed by atoms with Gasteiger partial charge in [0.2, 0.25) is 11.0 Å². The number of quaternary nitrogens is 1. The van der Waals surface area contributed by atoms with Gasteiger partial charge in [0, 0.05) is 68.9 Å². The predicted octanol–water partition coefficient (Wildman–Crippen LogP) is 3.74. The molecule has 0 amide bonds. The Morgan fingerprint density at radius 2 is 1.34 bits per heavy atom. The fourth-order valence-corrected chi connectivity index (χ4v) is 4.30. The summed E-state index contributed by atoms with van der Waals surface area (Å²) in [6.07, 6.45) is 1.98. The maximum absolute atomic E-state index is 10.9. The van der Waals surface area contributed by atoms with Gasteiger partial charge < -0.3 is 19.4 Å². The number of aromatic nitrogens is 1. The Bertz CT molecular complexity index is 1040. The van der Waals surface area contributed by atoms with Crippen molar-refractivity contribution < 1.29 is 19.0 Å². The number of benzene rings is 2. The molecule has 6 heteroatoms. The molecule has 0 unspecified atom stereocenters. The molecule has 2 aromatic carbocycles. The zero-order valence-electron chi connectivity index (χ0n) is 20.4. The van der Waals surface area contributed by atoms with E-state index in [9.17, 15) is 4.79 Å². The second kappa shape index (κ2) is 9.74. The summed E-state index contributed by atoms with van der Waals surface area (Å²) < 4.78 is 3.30. The van der Waals surface area contributed by atoms with Crippen LogP contribution in [0.2, 0.25) is 0 Å². The summed E-state index contributed by atoms with van der Waals surface area (Å²) in [6, 6.07) is 15.6.